The van der Waals surface area contributed by atoms with Gasteiger partial charge in [-0.3, -0.25) is 0 Å². The molecule has 0 bridgehead atoms. The molecule has 184 valence electrons. The van der Waals surface area contributed by atoms with Crippen LogP contribution < -0.4 is 0 Å². The zero-order valence-corrected chi connectivity index (χ0v) is 22.7. The molecule has 0 rings (SSSR count). The predicted octanol–water partition coefficient (Wildman–Crippen LogP) is 9.57. The summed E-state index contributed by atoms with van der Waals surface area (Å²) in [6.07, 6.45) is 28.6. The van der Waals surface area contributed by atoms with Crippen molar-refractivity contribution in [2.45, 2.75) is 141 Å². The van der Waals surface area contributed by atoms with Crippen molar-refractivity contribution in [2.75, 3.05) is 21.1 Å². The van der Waals surface area contributed by atoms with Gasteiger partial charge in [-0.1, -0.05) is 103 Å². The van der Waals surface area contributed by atoms with E-state index in [1.54, 1.807) is 0 Å². The summed E-state index contributed by atoms with van der Waals surface area (Å²) in [5.74, 6) is 0. The zero-order chi connectivity index (χ0) is 23.4. The van der Waals surface area contributed by atoms with Gasteiger partial charge in [0.25, 0.3) is 0 Å². The lowest BCUT2D eigenvalue weighted by Gasteiger charge is -2.40. The van der Waals surface area contributed by atoms with Gasteiger partial charge in [0.2, 0.25) is 5.28 Å². The predicted molar refractivity (Wildman–Crippen MR) is 137 cm³/mol. The summed E-state index contributed by atoms with van der Waals surface area (Å²) in [5, 5.41) is -0.600. The quantitative estimate of drug-likeness (QED) is 0.0703. The summed E-state index contributed by atoms with van der Waals surface area (Å²) in [6.45, 7) is 4.29. The van der Waals surface area contributed by atoms with Gasteiger partial charge in [-0.05, 0) is 32.1 Å². The second kappa shape index (κ2) is 19.1. The minimum atomic E-state index is -2.42. The highest BCUT2D eigenvalue weighted by molar-refractivity contribution is 7.32. The summed E-state index contributed by atoms with van der Waals surface area (Å²) in [5.41, 5.74) is 0. The van der Waals surface area contributed by atoms with Crippen molar-refractivity contribution in [3.63, 3.8) is 0 Å². The lowest BCUT2D eigenvalue weighted by molar-refractivity contribution is -0.908. The first-order chi connectivity index (χ1) is 14.8. The summed E-state index contributed by atoms with van der Waals surface area (Å²) in [6, 6.07) is 0. The first kappa shape index (κ1) is 30.6. The van der Waals surface area contributed by atoms with Crippen LogP contribution >= 0.6 is 7.68 Å². The van der Waals surface area contributed by atoms with Gasteiger partial charge in [-0.2, -0.15) is 0 Å². The van der Waals surface area contributed by atoms with E-state index in [2.05, 4.69) is 19.1 Å². The maximum Gasteiger partial charge on any atom is 0.378 e. The molecule has 0 N–H and O–H groups in total. The molecule has 0 amide bonds. The highest BCUT2D eigenvalue weighted by Crippen LogP contribution is 2.43. The molecular weight excluding hydrogens is 401 g/mol. The van der Waals surface area contributed by atoms with Crippen molar-refractivity contribution >= 4 is 7.68 Å². The van der Waals surface area contributed by atoms with Gasteiger partial charge in [0.1, 0.15) is 0 Å². The summed E-state index contributed by atoms with van der Waals surface area (Å²) >= 11 is 0. The molecule has 0 aromatic rings. The molecule has 0 aromatic carbocycles. The van der Waals surface area contributed by atoms with Crippen molar-refractivity contribution in [3.05, 3.63) is 12.2 Å². The van der Waals surface area contributed by atoms with Crippen LogP contribution in [0.4, 0.5) is 0 Å². The molecule has 0 spiro atoms. The maximum atomic E-state index is 11.9. The number of nitrogens with zero attached hydrogens (tertiary/aromatic N) is 1. The third-order valence-electron chi connectivity index (χ3n) is 6.99. The molecule has 0 aromatic heterocycles. The number of rotatable bonds is 22. The molecule has 4 heteroatoms. The van der Waals surface area contributed by atoms with E-state index in [4.69, 9.17) is 0 Å². The Morgan fingerprint density at radius 1 is 0.613 bits per heavy atom. The van der Waals surface area contributed by atoms with E-state index in [9.17, 15) is 9.13 Å². The smallest absolute Gasteiger partial charge is 0.314 e. The Morgan fingerprint density at radius 3 is 1.35 bits per heavy atom. The van der Waals surface area contributed by atoms with E-state index < -0.39 is 13.0 Å². The van der Waals surface area contributed by atoms with E-state index in [-0.39, 0.29) is 0 Å². The van der Waals surface area contributed by atoms with E-state index in [0.29, 0.717) is 10.9 Å². The second-order valence-corrected chi connectivity index (χ2v) is 11.7. The third-order valence-corrected chi connectivity index (χ3v) is 8.81. The van der Waals surface area contributed by atoms with Crippen molar-refractivity contribution in [3.8, 4) is 0 Å². The molecule has 0 radical (unpaired) electrons. The molecule has 0 aliphatic rings. The van der Waals surface area contributed by atoms with Gasteiger partial charge < -0.3 is 4.48 Å². The molecule has 0 saturated heterocycles. The third kappa shape index (κ3) is 14.4. The van der Waals surface area contributed by atoms with Crippen LogP contribution in [0.15, 0.2) is 12.2 Å². The first-order valence-electron chi connectivity index (χ1n) is 13.4. The van der Waals surface area contributed by atoms with E-state index in [0.717, 1.165) is 19.3 Å². The van der Waals surface area contributed by atoms with Gasteiger partial charge in [-0.25, -0.2) is 9.13 Å². The van der Waals surface area contributed by atoms with Crippen molar-refractivity contribution in [1.29, 1.82) is 0 Å². The lowest BCUT2D eigenvalue weighted by Crippen LogP contribution is -2.53. The fraction of sp³-hybridized carbons (Fsp3) is 0.926. The van der Waals surface area contributed by atoms with Gasteiger partial charge >= 0.3 is 7.68 Å². The van der Waals surface area contributed by atoms with Crippen LogP contribution in [0.5, 0.6) is 0 Å². The first-order valence-corrected chi connectivity index (χ1v) is 14.6. The molecule has 3 nitrogen and oxygen atoms in total. The Balaban J connectivity index is 3.56. The Morgan fingerprint density at radius 2 is 1.00 bits per heavy atom. The second-order valence-electron chi connectivity index (χ2n) is 10.4. The van der Waals surface area contributed by atoms with Gasteiger partial charge in [0.05, 0.1) is 21.1 Å². The Bertz CT molecular complexity index is 500. The van der Waals surface area contributed by atoms with Gasteiger partial charge in [0.15, 0.2) is 0 Å². The Labute approximate surface area is 195 Å². The summed E-state index contributed by atoms with van der Waals surface area (Å²) < 4.78 is 24.4. The SMILES string of the molecule is CCCCCCCCCC=CCCCCCCCCCCC(CC)(P(=O)=O)[N+](C)(C)C. The minimum absolute atomic E-state index is 0.510. The van der Waals surface area contributed by atoms with Crippen molar-refractivity contribution in [1.82, 2.24) is 0 Å². The molecule has 0 fully saturated rings. The topological polar surface area (TPSA) is 34.1 Å². The average molecular weight is 457 g/mol. The van der Waals surface area contributed by atoms with Crippen molar-refractivity contribution in [2.24, 2.45) is 0 Å². The molecule has 0 aliphatic carbocycles. The Hall–Kier alpha value is -0.400. The highest BCUT2D eigenvalue weighted by atomic mass is 31.1. The van der Waals surface area contributed by atoms with Crippen LogP contribution in [0.3, 0.4) is 0 Å². The van der Waals surface area contributed by atoms with Gasteiger partial charge in [-0.15, -0.1) is 0 Å². The fourth-order valence-electron chi connectivity index (χ4n) is 4.64. The van der Waals surface area contributed by atoms with Crippen LogP contribution in [-0.4, -0.2) is 30.9 Å². The van der Waals surface area contributed by atoms with Crippen LogP contribution in [0, 0.1) is 0 Å². The van der Waals surface area contributed by atoms with Crippen LogP contribution in [-0.2, 0) is 9.13 Å². The number of allylic oxidation sites excluding steroid dienone is 2. The minimum Gasteiger partial charge on any atom is -0.314 e. The molecule has 1 atom stereocenters. The molecule has 0 saturated carbocycles. The lowest BCUT2D eigenvalue weighted by atomic mass is 10.0. The number of hydrogen-bond acceptors (Lipinski definition) is 2. The van der Waals surface area contributed by atoms with Crippen molar-refractivity contribution < 1.29 is 13.6 Å². The standard InChI is InChI=1S/C27H55NO2P/c1-6-8-9-10-11-12-13-14-15-16-17-18-19-20-21-22-23-24-25-26-27(7-2,31(29)30)28(3,4)5/h15-16H,6-14,17-26H2,1-5H3/q+1. The van der Waals surface area contributed by atoms with E-state index >= 15 is 0 Å². The van der Waals surface area contributed by atoms with Gasteiger partial charge in [0, 0.05) is 12.8 Å². The molecule has 31 heavy (non-hydrogen) atoms. The van der Waals surface area contributed by atoms with Crippen LogP contribution in [0.1, 0.15) is 136 Å². The average Bonchev–Trinajstić information content (AvgIpc) is 2.71. The molecule has 1 unspecified atom stereocenters. The zero-order valence-electron chi connectivity index (χ0n) is 21.8. The fourth-order valence-corrected chi connectivity index (χ4v) is 5.73. The molecule has 0 aliphatic heterocycles. The monoisotopic (exact) mass is 456 g/mol. The molecule has 0 heterocycles. The summed E-state index contributed by atoms with van der Waals surface area (Å²) in [7, 11) is 3.62. The highest BCUT2D eigenvalue weighted by Gasteiger charge is 2.46. The normalized spacial score (nSPS) is 14.2. The van der Waals surface area contributed by atoms with Crippen LogP contribution in [0.25, 0.3) is 0 Å². The maximum absolute atomic E-state index is 11.9. The largest absolute Gasteiger partial charge is 0.378 e. The van der Waals surface area contributed by atoms with E-state index in [1.165, 1.54) is 96.3 Å². The molecular formula is C27H55NO2P+. The Kier molecular flexibility index (Phi) is 18.9. The number of hydrogen-bond donors (Lipinski definition) is 0. The van der Waals surface area contributed by atoms with E-state index in [1.807, 2.05) is 28.1 Å². The van der Waals surface area contributed by atoms with Crippen LogP contribution in [0.2, 0.25) is 0 Å². The number of quaternary nitrogens is 1. The summed E-state index contributed by atoms with van der Waals surface area (Å²) in [4.78, 5) is 0. The number of unbranched alkanes of at least 4 members (excludes halogenated alkanes) is 15.